The Labute approximate surface area is 124 Å². The monoisotopic (exact) mass is 291 g/mol. The Morgan fingerprint density at radius 1 is 1.29 bits per heavy atom. The Bertz CT molecular complexity index is 576. The zero-order valence-electron chi connectivity index (χ0n) is 12.6. The number of hydrogen-bond acceptors (Lipinski definition) is 5. The van der Waals surface area contributed by atoms with Gasteiger partial charge in [-0.15, -0.1) is 0 Å². The van der Waals surface area contributed by atoms with Crippen molar-refractivity contribution in [2.75, 3.05) is 25.6 Å². The van der Waals surface area contributed by atoms with Gasteiger partial charge in [0.1, 0.15) is 6.61 Å². The molecule has 0 atom stereocenters. The average molecular weight is 291 g/mol. The van der Waals surface area contributed by atoms with Crippen LogP contribution in [0.25, 0.3) is 0 Å². The van der Waals surface area contributed by atoms with Gasteiger partial charge in [-0.05, 0) is 26.0 Å². The number of hydrogen-bond donors (Lipinski definition) is 3. The first-order valence-electron chi connectivity index (χ1n) is 6.81. The second-order valence-electron chi connectivity index (χ2n) is 4.70. The van der Waals surface area contributed by atoms with E-state index in [1.54, 1.807) is 7.11 Å². The average Bonchev–Trinajstić information content (AvgIpc) is 2.82. The van der Waals surface area contributed by atoms with E-state index in [4.69, 9.17) is 14.6 Å². The Morgan fingerprint density at radius 2 is 2.10 bits per heavy atom. The highest BCUT2D eigenvalue weighted by atomic mass is 16.5. The number of aromatic nitrogens is 2. The van der Waals surface area contributed by atoms with Crippen LogP contribution >= 0.6 is 0 Å². The molecule has 114 valence electrons. The third-order valence-electron chi connectivity index (χ3n) is 3.26. The van der Waals surface area contributed by atoms with Crippen molar-refractivity contribution in [1.82, 2.24) is 10.2 Å². The summed E-state index contributed by atoms with van der Waals surface area (Å²) in [5.41, 5.74) is 4.13. The van der Waals surface area contributed by atoms with Crippen LogP contribution in [0.5, 0.6) is 11.5 Å². The number of H-pyrrole nitrogens is 1. The Balaban J connectivity index is 2.09. The number of methoxy groups -OCH3 is 1. The normalized spacial score (nSPS) is 10.5. The van der Waals surface area contributed by atoms with Gasteiger partial charge in [0.15, 0.2) is 11.5 Å². The number of ether oxygens (including phenoxy) is 2. The molecule has 3 N–H and O–H groups in total. The van der Waals surface area contributed by atoms with Crippen LogP contribution in [0.4, 0.5) is 5.69 Å². The second kappa shape index (κ2) is 6.99. The molecule has 0 amide bonds. The highest BCUT2D eigenvalue weighted by Gasteiger charge is 2.08. The molecule has 0 aliphatic heterocycles. The third-order valence-corrected chi connectivity index (χ3v) is 3.26. The fourth-order valence-electron chi connectivity index (χ4n) is 2.08. The fraction of sp³-hybridized carbons (Fsp3) is 0.400. The topological polar surface area (TPSA) is 79.4 Å². The Kier molecular flexibility index (Phi) is 5.05. The summed E-state index contributed by atoms with van der Waals surface area (Å²) < 4.78 is 10.7. The van der Waals surface area contributed by atoms with E-state index in [0.717, 1.165) is 22.6 Å². The first-order valence-corrected chi connectivity index (χ1v) is 6.81. The number of aliphatic hydroxyl groups is 1. The lowest BCUT2D eigenvalue weighted by Crippen LogP contribution is -2.05. The molecule has 0 radical (unpaired) electrons. The lowest BCUT2D eigenvalue weighted by atomic mass is 10.2. The SMILES string of the molecule is COc1ccc(NCc2c(C)n[nH]c2C)cc1OCCO. The summed E-state index contributed by atoms with van der Waals surface area (Å²) in [6, 6.07) is 5.62. The summed E-state index contributed by atoms with van der Waals surface area (Å²) in [6.45, 7) is 4.86. The van der Waals surface area contributed by atoms with Gasteiger partial charge in [0.05, 0.1) is 19.4 Å². The molecule has 2 rings (SSSR count). The van der Waals surface area contributed by atoms with E-state index >= 15 is 0 Å². The van der Waals surface area contributed by atoms with Gasteiger partial charge in [0.25, 0.3) is 0 Å². The molecule has 0 fully saturated rings. The predicted octanol–water partition coefficient (Wildman–Crippen LogP) is 2.02. The van der Waals surface area contributed by atoms with Gasteiger partial charge in [-0.25, -0.2) is 0 Å². The van der Waals surface area contributed by atoms with Crippen LogP contribution in [0, 0.1) is 13.8 Å². The lowest BCUT2D eigenvalue weighted by molar-refractivity contribution is 0.196. The molecule has 6 nitrogen and oxygen atoms in total. The van der Waals surface area contributed by atoms with Gasteiger partial charge in [0.2, 0.25) is 0 Å². The molecule has 21 heavy (non-hydrogen) atoms. The predicted molar refractivity (Wildman–Crippen MR) is 81.0 cm³/mol. The molecular weight excluding hydrogens is 270 g/mol. The maximum absolute atomic E-state index is 8.86. The summed E-state index contributed by atoms with van der Waals surface area (Å²) in [6.07, 6.45) is 0. The van der Waals surface area contributed by atoms with E-state index < -0.39 is 0 Å². The Hall–Kier alpha value is -2.21. The van der Waals surface area contributed by atoms with Crippen molar-refractivity contribution in [2.24, 2.45) is 0 Å². The molecule has 1 aromatic carbocycles. The summed E-state index contributed by atoms with van der Waals surface area (Å²) >= 11 is 0. The van der Waals surface area contributed by atoms with Crippen molar-refractivity contribution in [3.63, 3.8) is 0 Å². The molecule has 1 heterocycles. The van der Waals surface area contributed by atoms with Crippen molar-refractivity contribution in [3.05, 3.63) is 35.2 Å². The number of benzene rings is 1. The molecule has 0 aliphatic carbocycles. The second-order valence-corrected chi connectivity index (χ2v) is 4.70. The number of nitrogens with zero attached hydrogens (tertiary/aromatic N) is 1. The van der Waals surface area contributed by atoms with Crippen LogP contribution in [-0.4, -0.2) is 35.6 Å². The van der Waals surface area contributed by atoms with E-state index in [1.165, 1.54) is 0 Å². The summed E-state index contributed by atoms with van der Waals surface area (Å²) in [5, 5.41) is 19.3. The number of aliphatic hydroxyl groups excluding tert-OH is 1. The largest absolute Gasteiger partial charge is 0.493 e. The van der Waals surface area contributed by atoms with Crippen LogP contribution in [0.1, 0.15) is 17.0 Å². The van der Waals surface area contributed by atoms with Gasteiger partial charge < -0.3 is 19.9 Å². The minimum atomic E-state index is -0.0335. The molecular formula is C15H21N3O3. The van der Waals surface area contributed by atoms with Gasteiger partial charge >= 0.3 is 0 Å². The van der Waals surface area contributed by atoms with Gasteiger partial charge in [-0.3, -0.25) is 5.10 Å². The van der Waals surface area contributed by atoms with Crippen molar-refractivity contribution in [1.29, 1.82) is 0 Å². The van der Waals surface area contributed by atoms with E-state index in [1.807, 2.05) is 32.0 Å². The van der Waals surface area contributed by atoms with Crippen LogP contribution in [-0.2, 0) is 6.54 Å². The quantitative estimate of drug-likeness (QED) is 0.727. The third kappa shape index (κ3) is 3.66. The zero-order valence-corrected chi connectivity index (χ0v) is 12.6. The standard InChI is InChI=1S/C15H21N3O3/c1-10-13(11(2)18-17-10)9-16-12-4-5-14(20-3)15(8-12)21-7-6-19/h4-5,8,16,19H,6-7,9H2,1-3H3,(H,17,18). The number of aromatic amines is 1. The van der Waals surface area contributed by atoms with Crippen molar-refractivity contribution in [2.45, 2.75) is 20.4 Å². The maximum Gasteiger partial charge on any atom is 0.163 e. The zero-order chi connectivity index (χ0) is 15.2. The number of anilines is 1. The van der Waals surface area contributed by atoms with Crippen LogP contribution in [0.3, 0.4) is 0 Å². The van der Waals surface area contributed by atoms with Crippen LogP contribution in [0.2, 0.25) is 0 Å². The first-order chi connectivity index (χ1) is 10.2. The molecule has 1 aromatic heterocycles. The van der Waals surface area contributed by atoms with Crippen molar-refractivity contribution >= 4 is 5.69 Å². The highest BCUT2D eigenvalue weighted by molar-refractivity contribution is 5.55. The molecule has 0 spiro atoms. The van der Waals surface area contributed by atoms with Gasteiger partial charge in [0, 0.05) is 29.6 Å². The van der Waals surface area contributed by atoms with E-state index in [0.29, 0.717) is 18.0 Å². The molecule has 2 aromatic rings. The minimum absolute atomic E-state index is 0.0335. The number of aryl methyl sites for hydroxylation is 2. The minimum Gasteiger partial charge on any atom is -0.493 e. The molecule has 0 saturated heterocycles. The molecule has 0 saturated carbocycles. The number of rotatable bonds is 7. The summed E-state index contributed by atoms with van der Waals surface area (Å²) in [5.74, 6) is 1.25. The van der Waals surface area contributed by atoms with E-state index in [-0.39, 0.29) is 13.2 Å². The molecule has 6 heteroatoms. The molecule has 0 aliphatic rings. The smallest absolute Gasteiger partial charge is 0.163 e. The van der Waals surface area contributed by atoms with Crippen LogP contribution < -0.4 is 14.8 Å². The molecule has 0 bridgehead atoms. The van der Waals surface area contributed by atoms with Crippen molar-refractivity contribution in [3.8, 4) is 11.5 Å². The maximum atomic E-state index is 8.86. The summed E-state index contributed by atoms with van der Waals surface area (Å²) in [7, 11) is 1.59. The van der Waals surface area contributed by atoms with Gasteiger partial charge in [-0.1, -0.05) is 0 Å². The van der Waals surface area contributed by atoms with E-state index in [2.05, 4.69) is 15.5 Å². The van der Waals surface area contributed by atoms with Crippen molar-refractivity contribution < 1.29 is 14.6 Å². The van der Waals surface area contributed by atoms with Crippen LogP contribution in [0.15, 0.2) is 18.2 Å². The lowest BCUT2D eigenvalue weighted by Gasteiger charge is -2.13. The summed E-state index contributed by atoms with van der Waals surface area (Å²) in [4.78, 5) is 0. The molecule has 0 unspecified atom stereocenters. The number of nitrogens with one attached hydrogen (secondary N) is 2. The van der Waals surface area contributed by atoms with E-state index in [9.17, 15) is 0 Å². The Morgan fingerprint density at radius 3 is 2.71 bits per heavy atom. The van der Waals surface area contributed by atoms with Gasteiger partial charge in [-0.2, -0.15) is 5.10 Å². The highest BCUT2D eigenvalue weighted by Crippen LogP contribution is 2.30. The fourth-order valence-corrected chi connectivity index (χ4v) is 2.08. The first kappa shape index (κ1) is 15.2.